The summed E-state index contributed by atoms with van der Waals surface area (Å²) < 4.78 is 0. The number of rotatable bonds is 1. The van der Waals surface area contributed by atoms with Crippen LogP contribution in [0.4, 0.5) is 0 Å². The molecule has 30 valence electrons. The quantitative estimate of drug-likeness (QED) is 0.568. The molecular formula is C3H6BrN. The maximum absolute atomic E-state index is 5.02. The summed E-state index contributed by atoms with van der Waals surface area (Å²) in [6.07, 6.45) is 1.82. The molecule has 0 aromatic rings. The highest BCUT2D eigenvalue weighted by Gasteiger charge is 1.52. The van der Waals surface area contributed by atoms with E-state index >= 15 is 0 Å². The van der Waals surface area contributed by atoms with Gasteiger partial charge in [0.2, 0.25) is 0 Å². The summed E-state index contributed by atoms with van der Waals surface area (Å²) in [6.45, 7) is 0.616. The van der Waals surface area contributed by atoms with Crippen LogP contribution in [-0.4, -0.2) is 6.54 Å². The van der Waals surface area contributed by atoms with Crippen molar-refractivity contribution in [2.24, 2.45) is 5.73 Å². The first-order valence-corrected chi connectivity index (χ1v) is 2.28. The standard InChI is InChI=1S/C3H6BrN/c4-2-1-3-5/h1-2H,3,5H2. The van der Waals surface area contributed by atoms with E-state index in [9.17, 15) is 0 Å². The second-order valence-corrected chi connectivity index (χ2v) is 1.13. The molecule has 5 heavy (non-hydrogen) atoms. The lowest BCUT2D eigenvalue weighted by molar-refractivity contribution is 1.26. The van der Waals surface area contributed by atoms with Crippen LogP contribution >= 0.6 is 15.9 Å². The molecule has 0 aliphatic heterocycles. The molecular weight excluding hydrogens is 130 g/mol. The average molecular weight is 136 g/mol. The van der Waals surface area contributed by atoms with E-state index in [1.54, 1.807) is 4.99 Å². The lowest BCUT2D eigenvalue weighted by Gasteiger charge is -1.65. The van der Waals surface area contributed by atoms with Crippen molar-refractivity contribution in [3.8, 4) is 0 Å². The van der Waals surface area contributed by atoms with Crippen molar-refractivity contribution in [1.29, 1.82) is 0 Å². The third kappa shape index (κ3) is 4.18. The first kappa shape index (κ1) is 5.18. The van der Waals surface area contributed by atoms with E-state index in [0.29, 0.717) is 6.54 Å². The Labute approximate surface area is 40.0 Å². The Morgan fingerprint density at radius 3 is 2.40 bits per heavy atom. The van der Waals surface area contributed by atoms with E-state index in [0.717, 1.165) is 0 Å². The molecule has 0 saturated heterocycles. The number of nitrogens with two attached hydrogens (primary N) is 1. The molecule has 1 nitrogen and oxygen atoms in total. The van der Waals surface area contributed by atoms with Crippen LogP contribution in [0.1, 0.15) is 0 Å². The van der Waals surface area contributed by atoms with Crippen LogP contribution in [0, 0.1) is 0 Å². The van der Waals surface area contributed by atoms with Crippen molar-refractivity contribution in [2.75, 3.05) is 6.54 Å². The number of halogens is 1. The Kier molecular flexibility index (Phi) is 4.33. The molecule has 0 unspecified atom stereocenters. The Bertz CT molecular complexity index is 33.9. The topological polar surface area (TPSA) is 26.0 Å². The zero-order valence-electron chi connectivity index (χ0n) is 2.82. The molecule has 0 fully saturated rings. The first-order chi connectivity index (χ1) is 2.41. The summed E-state index contributed by atoms with van der Waals surface area (Å²) in [5.41, 5.74) is 5.02. The highest BCUT2D eigenvalue weighted by atomic mass is 79.9. The minimum absolute atomic E-state index is 0.616. The van der Waals surface area contributed by atoms with Gasteiger partial charge >= 0.3 is 0 Å². The van der Waals surface area contributed by atoms with E-state index in [-0.39, 0.29) is 0 Å². The molecule has 0 bridgehead atoms. The molecule has 0 radical (unpaired) electrons. The molecule has 0 amide bonds. The van der Waals surface area contributed by atoms with Crippen LogP contribution in [0.2, 0.25) is 0 Å². The van der Waals surface area contributed by atoms with Crippen LogP contribution in [-0.2, 0) is 0 Å². The summed E-state index contributed by atoms with van der Waals surface area (Å²) in [6, 6.07) is 0. The van der Waals surface area contributed by atoms with E-state index in [4.69, 9.17) is 5.73 Å². The van der Waals surface area contributed by atoms with Gasteiger partial charge in [0.15, 0.2) is 0 Å². The van der Waals surface area contributed by atoms with Crippen molar-refractivity contribution >= 4 is 15.9 Å². The highest BCUT2D eigenvalue weighted by molar-refractivity contribution is 9.11. The molecule has 0 aliphatic rings. The Morgan fingerprint density at radius 1 is 1.80 bits per heavy atom. The molecule has 2 heteroatoms. The van der Waals surface area contributed by atoms with Crippen molar-refractivity contribution < 1.29 is 0 Å². The summed E-state index contributed by atoms with van der Waals surface area (Å²) in [5.74, 6) is 0. The summed E-state index contributed by atoms with van der Waals surface area (Å²) in [4.78, 5) is 1.74. The van der Waals surface area contributed by atoms with Crippen LogP contribution in [0.3, 0.4) is 0 Å². The van der Waals surface area contributed by atoms with E-state index in [2.05, 4.69) is 15.9 Å². The molecule has 0 saturated carbocycles. The fourth-order valence-electron chi connectivity index (χ4n) is 0.0514. The van der Waals surface area contributed by atoms with Crippen LogP contribution in [0.15, 0.2) is 11.1 Å². The summed E-state index contributed by atoms with van der Waals surface area (Å²) in [7, 11) is 0. The Balaban J connectivity index is 2.62. The lowest BCUT2D eigenvalue weighted by atomic mass is 10.7. The smallest absolute Gasteiger partial charge is 0.0115 e. The SMILES string of the molecule is NCC=CBr. The molecule has 0 aromatic carbocycles. The molecule has 2 N–H and O–H groups in total. The van der Waals surface area contributed by atoms with Gasteiger partial charge in [-0.05, 0) is 4.99 Å². The van der Waals surface area contributed by atoms with E-state index in [1.807, 2.05) is 6.08 Å². The van der Waals surface area contributed by atoms with E-state index in [1.165, 1.54) is 0 Å². The average Bonchev–Trinajstić information content (AvgIpc) is 1.41. The normalized spacial score (nSPS) is 10.0. The van der Waals surface area contributed by atoms with Crippen molar-refractivity contribution in [2.45, 2.75) is 0 Å². The van der Waals surface area contributed by atoms with E-state index < -0.39 is 0 Å². The molecule has 0 spiro atoms. The van der Waals surface area contributed by atoms with Gasteiger partial charge in [0.25, 0.3) is 0 Å². The zero-order chi connectivity index (χ0) is 4.12. The third-order valence-electron chi connectivity index (χ3n) is 0.225. The van der Waals surface area contributed by atoms with Crippen LogP contribution in [0.5, 0.6) is 0 Å². The summed E-state index contributed by atoms with van der Waals surface area (Å²) in [5, 5.41) is 0. The van der Waals surface area contributed by atoms with Gasteiger partial charge in [0.1, 0.15) is 0 Å². The fraction of sp³-hybridized carbons (Fsp3) is 0.333. The minimum atomic E-state index is 0.616. The molecule has 0 rings (SSSR count). The van der Waals surface area contributed by atoms with Gasteiger partial charge in [-0.2, -0.15) is 0 Å². The van der Waals surface area contributed by atoms with Gasteiger partial charge in [-0.3, -0.25) is 0 Å². The Hall–Kier alpha value is 0.180. The lowest BCUT2D eigenvalue weighted by Crippen LogP contribution is -1.90. The monoisotopic (exact) mass is 135 g/mol. The van der Waals surface area contributed by atoms with Crippen molar-refractivity contribution in [3.63, 3.8) is 0 Å². The third-order valence-corrected chi connectivity index (χ3v) is 0.599. The predicted molar refractivity (Wildman–Crippen MR) is 27.1 cm³/mol. The first-order valence-electron chi connectivity index (χ1n) is 1.37. The minimum Gasteiger partial charge on any atom is -0.327 e. The predicted octanol–water partition coefficient (Wildman–Crippen LogP) is 0.854. The molecule has 0 aromatic heterocycles. The highest BCUT2D eigenvalue weighted by Crippen LogP contribution is 1.76. The maximum atomic E-state index is 5.02. The largest absolute Gasteiger partial charge is 0.327 e. The van der Waals surface area contributed by atoms with Gasteiger partial charge < -0.3 is 5.73 Å². The zero-order valence-corrected chi connectivity index (χ0v) is 4.40. The molecule has 0 aliphatic carbocycles. The Morgan fingerprint density at radius 2 is 2.40 bits per heavy atom. The van der Waals surface area contributed by atoms with Gasteiger partial charge in [-0.1, -0.05) is 22.0 Å². The fourth-order valence-corrected chi connectivity index (χ4v) is 0.267. The molecule has 0 atom stereocenters. The second-order valence-electron chi connectivity index (χ2n) is 0.597. The van der Waals surface area contributed by atoms with Gasteiger partial charge in [0, 0.05) is 6.54 Å². The molecule has 0 heterocycles. The number of hydrogen-bond acceptors (Lipinski definition) is 1. The van der Waals surface area contributed by atoms with Gasteiger partial charge in [-0.25, -0.2) is 0 Å². The van der Waals surface area contributed by atoms with Gasteiger partial charge in [-0.15, -0.1) is 0 Å². The maximum Gasteiger partial charge on any atom is 0.0115 e. The summed E-state index contributed by atoms with van der Waals surface area (Å²) >= 11 is 3.05. The van der Waals surface area contributed by atoms with Crippen LogP contribution < -0.4 is 5.73 Å². The van der Waals surface area contributed by atoms with Crippen molar-refractivity contribution in [1.82, 2.24) is 0 Å². The second kappa shape index (κ2) is 4.18. The number of hydrogen-bond donors (Lipinski definition) is 1. The van der Waals surface area contributed by atoms with Crippen molar-refractivity contribution in [3.05, 3.63) is 11.1 Å². The van der Waals surface area contributed by atoms with Crippen LogP contribution in [0.25, 0.3) is 0 Å². The van der Waals surface area contributed by atoms with Gasteiger partial charge in [0.05, 0.1) is 0 Å².